The van der Waals surface area contributed by atoms with Crippen LogP contribution in [0.25, 0.3) is 0 Å². The third kappa shape index (κ3) is 2.25. The Morgan fingerprint density at radius 1 is 1.22 bits per heavy atom. The van der Waals surface area contributed by atoms with Crippen molar-refractivity contribution in [2.24, 2.45) is 17.8 Å². The van der Waals surface area contributed by atoms with Crippen molar-refractivity contribution >= 4 is 11.9 Å². The first-order valence-electron chi connectivity index (χ1n) is 6.87. The molecular formula is C14H23NO3. The number of nitrogens with zero attached hydrogens (tertiary/aromatic N) is 1. The molecule has 4 heteroatoms. The van der Waals surface area contributed by atoms with Crippen molar-refractivity contribution in [3.05, 3.63) is 0 Å². The van der Waals surface area contributed by atoms with Gasteiger partial charge in [-0.2, -0.15) is 0 Å². The SMILES string of the molecule is CC1CC(C(=O)O)C(C(=O)N2CCCC2(C)C)C1. The van der Waals surface area contributed by atoms with E-state index in [2.05, 4.69) is 13.8 Å². The summed E-state index contributed by atoms with van der Waals surface area (Å²) in [5.41, 5.74) is -0.105. The smallest absolute Gasteiger partial charge is 0.307 e. The van der Waals surface area contributed by atoms with Crippen molar-refractivity contribution in [3.8, 4) is 0 Å². The molecule has 2 fully saturated rings. The number of carbonyl (C=O) groups excluding carboxylic acids is 1. The number of likely N-dealkylation sites (tertiary alicyclic amines) is 1. The van der Waals surface area contributed by atoms with Crippen LogP contribution in [-0.4, -0.2) is 34.0 Å². The normalized spacial score (nSPS) is 34.8. The predicted molar refractivity (Wildman–Crippen MR) is 68.0 cm³/mol. The summed E-state index contributed by atoms with van der Waals surface area (Å²) >= 11 is 0. The number of hydrogen-bond donors (Lipinski definition) is 1. The van der Waals surface area contributed by atoms with E-state index in [0.717, 1.165) is 25.8 Å². The van der Waals surface area contributed by atoms with Crippen LogP contribution in [0.4, 0.5) is 0 Å². The third-order valence-corrected chi connectivity index (χ3v) is 4.60. The van der Waals surface area contributed by atoms with Gasteiger partial charge in [0.2, 0.25) is 5.91 Å². The minimum Gasteiger partial charge on any atom is -0.481 e. The lowest BCUT2D eigenvalue weighted by Gasteiger charge is -2.34. The van der Waals surface area contributed by atoms with Crippen LogP contribution in [0.2, 0.25) is 0 Å². The van der Waals surface area contributed by atoms with E-state index in [-0.39, 0.29) is 17.4 Å². The summed E-state index contributed by atoms with van der Waals surface area (Å²) in [5.74, 6) is -1.20. The largest absolute Gasteiger partial charge is 0.481 e. The number of carboxylic acids is 1. The van der Waals surface area contributed by atoms with Gasteiger partial charge in [0.25, 0.3) is 0 Å². The van der Waals surface area contributed by atoms with E-state index >= 15 is 0 Å². The average Bonchev–Trinajstić information content (AvgIpc) is 2.80. The maximum Gasteiger partial charge on any atom is 0.307 e. The molecule has 0 radical (unpaired) electrons. The highest BCUT2D eigenvalue weighted by molar-refractivity contribution is 5.86. The van der Waals surface area contributed by atoms with Gasteiger partial charge in [-0.3, -0.25) is 9.59 Å². The summed E-state index contributed by atoms with van der Waals surface area (Å²) in [4.78, 5) is 25.8. The second-order valence-electron chi connectivity index (χ2n) is 6.53. The molecule has 3 unspecified atom stereocenters. The van der Waals surface area contributed by atoms with Gasteiger partial charge in [0.05, 0.1) is 11.8 Å². The van der Waals surface area contributed by atoms with Gasteiger partial charge >= 0.3 is 5.97 Å². The summed E-state index contributed by atoms with van der Waals surface area (Å²) < 4.78 is 0. The number of amides is 1. The van der Waals surface area contributed by atoms with E-state index in [1.165, 1.54) is 0 Å². The first kappa shape index (κ1) is 13.4. The minimum absolute atomic E-state index is 0.0641. The molecule has 2 aliphatic rings. The zero-order valence-electron chi connectivity index (χ0n) is 11.5. The minimum atomic E-state index is -0.810. The Labute approximate surface area is 108 Å². The van der Waals surface area contributed by atoms with Crippen LogP contribution in [-0.2, 0) is 9.59 Å². The molecule has 0 aromatic heterocycles. The Morgan fingerprint density at radius 2 is 1.83 bits per heavy atom. The number of carbonyl (C=O) groups is 2. The van der Waals surface area contributed by atoms with Gasteiger partial charge in [-0.05, 0) is 45.4 Å². The molecule has 18 heavy (non-hydrogen) atoms. The molecule has 0 aromatic rings. The van der Waals surface area contributed by atoms with E-state index < -0.39 is 11.9 Å². The Hall–Kier alpha value is -1.06. The van der Waals surface area contributed by atoms with Gasteiger partial charge < -0.3 is 10.0 Å². The number of hydrogen-bond acceptors (Lipinski definition) is 2. The van der Waals surface area contributed by atoms with Crippen LogP contribution in [0.5, 0.6) is 0 Å². The summed E-state index contributed by atoms with van der Waals surface area (Å²) in [6, 6.07) is 0. The van der Waals surface area contributed by atoms with Crippen molar-refractivity contribution < 1.29 is 14.7 Å². The molecule has 0 bridgehead atoms. The fourth-order valence-electron chi connectivity index (χ4n) is 3.55. The van der Waals surface area contributed by atoms with Crippen LogP contribution in [0.1, 0.15) is 46.5 Å². The molecule has 2 rings (SSSR count). The molecule has 1 aliphatic heterocycles. The Morgan fingerprint density at radius 3 is 2.33 bits per heavy atom. The number of rotatable bonds is 2. The quantitative estimate of drug-likeness (QED) is 0.820. The average molecular weight is 253 g/mol. The van der Waals surface area contributed by atoms with Crippen LogP contribution in [0.3, 0.4) is 0 Å². The lowest BCUT2D eigenvalue weighted by atomic mass is 9.93. The molecule has 3 atom stereocenters. The zero-order valence-corrected chi connectivity index (χ0v) is 11.5. The van der Waals surface area contributed by atoms with E-state index in [1.54, 1.807) is 0 Å². The van der Waals surface area contributed by atoms with E-state index in [0.29, 0.717) is 12.3 Å². The topological polar surface area (TPSA) is 57.6 Å². The van der Waals surface area contributed by atoms with Gasteiger partial charge in [-0.25, -0.2) is 0 Å². The van der Waals surface area contributed by atoms with Crippen LogP contribution >= 0.6 is 0 Å². The maximum absolute atomic E-state index is 12.6. The monoisotopic (exact) mass is 253 g/mol. The molecule has 102 valence electrons. The number of aliphatic carboxylic acids is 1. The first-order valence-corrected chi connectivity index (χ1v) is 6.87. The Balaban J connectivity index is 2.15. The van der Waals surface area contributed by atoms with Gasteiger partial charge in [0, 0.05) is 12.1 Å². The van der Waals surface area contributed by atoms with E-state index in [4.69, 9.17) is 0 Å². The second kappa shape index (κ2) is 4.56. The zero-order chi connectivity index (χ0) is 13.5. The fourth-order valence-corrected chi connectivity index (χ4v) is 3.55. The predicted octanol–water partition coefficient (Wildman–Crippen LogP) is 2.13. The molecule has 1 aliphatic carbocycles. The van der Waals surface area contributed by atoms with Crippen LogP contribution in [0.15, 0.2) is 0 Å². The van der Waals surface area contributed by atoms with Crippen molar-refractivity contribution in [3.63, 3.8) is 0 Å². The second-order valence-corrected chi connectivity index (χ2v) is 6.53. The highest BCUT2D eigenvalue weighted by atomic mass is 16.4. The highest BCUT2D eigenvalue weighted by Gasteiger charge is 2.46. The Bertz CT molecular complexity index is 364. The van der Waals surface area contributed by atoms with E-state index in [1.807, 2.05) is 11.8 Å². The van der Waals surface area contributed by atoms with Crippen LogP contribution < -0.4 is 0 Å². The molecule has 1 heterocycles. The molecule has 1 saturated carbocycles. The third-order valence-electron chi connectivity index (χ3n) is 4.60. The molecule has 4 nitrogen and oxygen atoms in total. The molecule has 1 N–H and O–H groups in total. The molecule has 0 aromatic carbocycles. The summed E-state index contributed by atoms with van der Waals surface area (Å²) in [5, 5.41) is 9.25. The van der Waals surface area contributed by atoms with Crippen molar-refractivity contribution in [2.75, 3.05) is 6.54 Å². The summed E-state index contributed by atoms with van der Waals surface area (Å²) in [6.07, 6.45) is 3.40. The number of carboxylic acid groups (broad SMARTS) is 1. The molecule has 0 spiro atoms. The lowest BCUT2D eigenvalue weighted by Crippen LogP contribution is -2.47. The fraction of sp³-hybridized carbons (Fsp3) is 0.857. The first-order chi connectivity index (χ1) is 8.33. The van der Waals surface area contributed by atoms with Gasteiger partial charge in [0.15, 0.2) is 0 Å². The van der Waals surface area contributed by atoms with Crippen molar-refractivity contribution in [2.45, 2.75) is 52.0 Å². The standard InChI is InChI=1S/C14H23NO3/c1-9-7-10(11(8-9)13(17)18)12(16)15-6-4-5-14(15,2)3/h9-11H,4-8H2,1-3H3,(H,17,18). The molecule has 1 saturated heterocycles. The molecule has 1 amide bonds. The van der Waals surface area contributed by atoms with Crippen molar-refractivity contribution in [1.29, 1.82) is 0 Å². The lowest BCUT2D eigenvalue weighted by molar-refractivity contribution is -0.150. The summed E-state index contributed by atoms with van der Waals surface area (Å²) in [6.45, 7) is 6.97. The highest BCUT2D eigenvalue weighted by Crippen LogP contribution is 2.40. The van der Waals surface area contributed by atoms with Gasteiger partial charge in [-0.1, -0.05) is 6.92 Å². The maximum atomic E-state index is 12.6. The van der Waals surface area contributed by atoms with Gasteiger partial charge in [-0.15, -0.1) is 0 Å². The van der Waals surface area contributed by atoms with Crippen LogP contribution in [0, 0.1) is 17.8 Å². The summed E-state index contributed by atoms with van der Waals surface area (Å²) in [7, 11) is 0. The molecular weight excluding hydrogens is 230 g/mol. The van der Waals surface area contributed by atoms with Gasteiger partial charge in [0.1, 0.15) is 0 Å². The van der Waals surface area contributed by atoms with E-state index in [9.17, 15) is 14.7 Å². The van der Waals surface area contributed by atoms with Crippen molar-refractivity contribution in [1.82, 2.24) is 4.90 Å². The Kier molecular flexibility index (Phi) is 3.39.